The maximum absolute atomic E-state index is 5.58. The molecule has 1 fully saturated rings. The van der Waals surface area contributed by atoms with E-state index in [0.717, 1.165) is 29.2 Å². The summed E-state index contributed by atoms with van der Waals surface area (Å²) in [4.78, 5) is 2.45. The third-order valence-corrected chi connectivity index (χ3v) is 4.01. The lowest BCUT2D eigenvalue weighted by Crippen LogP contribution is -2.19. The predicted octanol–water partition coefficient (Wildman–Crippen LogP) is 4.10. The van der Waals surface area contributed by atoms with Gasteiger partial charge in [0.2, 0.25) is 0 Å². The molecule has 1 saturated heterocycles. The van der Waals surface area contributed by atoms with E-state index in [9.17, 15) is 0 Å². The lowest BCUT2D eigenvalue weighted by Gasteiger charge is -2.21. The monoisotopic (exact) mass is 368 g/mol. The Hall–Kier alpha value is -1.17. The van der Waals surface area contributed by atoms with Gasteiger partial charge in [0, 0.05) is 13.1 Å². The van der Waals surface area contributed by atoms with Gasteiger partial charge in [-0.05, 0) is 59.7 Å². The number of para-hydroxylation sites is 2. The third-order valence-electron chi connectivity index (χ3n) is 3.43. The second-order valence-corrected chi connectivity index (χ2v) is 5.83. The Bertz CT molecular complexity index is 547. The fraction of sp³-hybridized carbons (Fsp3) is 0.333. The van der Waals surface area contributed by atoms with Crippen molar-refractivity contribution < 1.29 is 4.42 Å². The van der Waals surface area contributed by atoms with E-state index in [2.05, 4.69) is 57.1 Å². The second kappa shape index (κ2) is 5.86. The van der Waals surface area contributed by atoms with E-state index in [1.54, 1.807) is 0 Å². The minimum Gasteiger partial charge on any atom is -0.454 e. The molecule has 3 nitrogen and oxygen atoms in total. The third kappa shape index (κ3) is 3.05. The van der Waals surface area contributed by atoms with E-state index in [1.165, 1.54) is 24.2 Å². The van der Waals surface area contributed by atoms with Crippen molar-refractivity contribution in [1.82, 2.24) is 0 Å². The summed E-state index contributed by atoms with van der Waals surface area (Å²) in [6.45, 7) is 3.06. The average Bonchev–Trinajstić information content (AvgIpc) is 3.08. The summed E-state index contributed by atoms with van der Waals surface area (Å²) in [7, 11) is 0. The molecule has 0 unspecified atom stereocenters. The number of benzene rings is 1. The normalized spacial score (nSPS) is 14.9. The highest BCUT2D eigenvalue weighted by molar-refractivity contribution is 14.1. The van der Waals surface area contributed by atoms with E-state index in [-0.39, 0.29) is 0 Å². The molecule has 0 atom stereocenters. The topological polar surface area (TPSA) is 28.4 Å². The molecule has 1 aromatic carbocycles. The molecule has 0 amide bonds. The van der Waals surface area contributed by atoms with Gasteiger partial charge in [0.25, 0.3) is 0 Å². The Kier molecular flexibility index (Phi) is 3.96. The number of rotatable bonds is 4. The van der Waals surface area contributed by atoms with Crippen LogP contribution >= 0.6 is 22.6 Å². The molecular formula is C15H17IN2O. The first kappa shape index (κ1) is 12.8. The summed E-state index contributed by atoms with van der Waals surface area (Å²) in [6.07, 6.45) is 2.59. The Morgan fingerprint density at radius 3 is 2.63 bits per heavy atom. The smallest absolute Gasteiger partial charge is 0.164 e. The fourth-order valence-corrected chi connectivity index (χ4v) is 2.95. The zero-order valence-corrected chi connectivity index (χ0v) is 12.9. The van der Waals surface area contributed by atoms with Crippen LogP contribution in [0.5, 0.6) is 0 Å². The number of nitrogens with one attached hydrogen (secondary N) is 1. The molecule has 0 saturated carbocycles. The van der Waals surface area contributed by atoms with Crippen molar-refractivity contribution in [2.45, 2.75) is 19.4 Å². The largest absolute Gasteiger partial charge is 0.454 e. The molecule has 1 aromatic heterocycles. The van der Waals surface area contributed by atoms with Crippen LogP contribution in [0.2, 0.25) is 0 Å². The van der Waals surface area contributed by atoms with E-state index < -0.39 is 0 Å². The van der Waals surface area contributed by atoms with Crippen molar-refractivity contribution in [3.8, 4) is 0 Å². The maximum atomic E-state index is 5.58. The van der Waals surface area contributed by atoms with Crippen LogP contribution in [0.1, 0.15) is 18.6 Å². The van der Waals surface area contributed by atoms with E-state index >= 15 is 0 Å². The van der Waals surface area contributed by atoms with E-state index in [0.29, 0.717) is 0 Å². The van der Waals surface area contributed by atoms with Gasteiger partial charge >= 0.3 is 0 Å². The molecule has 3 rings (SSSR count). The van der Waals surface area contributed by atoms with Gasteiger partial charge in [-0.1, -0.05) is 12.1 Å². The van der Waals surface area contributed by atoms with Crippen molar-refractivity contribution in [3.05, 3.63) is 45.9 Å². The first-order valence-corrected chi connectivity index (χ1v) is 7.73. The lowest BCUT2D eigenvalue weighted by atomic mass is 10.2. The van der Waals surface area contributed by atoms with Gasteiger partial charge in [-0.2, -0.15) is 0 Å². The van der Waals surface area contributed by atoms with Gasteiger partial charge in [0.1, 0.15) is 5.76 Å². The summed E-state index contributed by atoms with van der Waals surface area (Å²) >= 11 is 2.19. The molecule has 2 heterocycles. The minimum absolute atomic E-state index is 0.730. The van der Waals surface area contributed by atoms with Crippen molar-refractivity contribution >= 4 is 34.0 Å². The summed E-state index contributed by atoms with van der Waals surface area (Å²) in [5, 5.41) is 3.48. The zero-order chi connectivity index (χ0) is 13.1. The molecule has 1 aliphatic heterocycles. The number of hydrogen-bond donors (Lipinski definition) is 1. The minimum atomic E-state index is 0.730. The zero-order valence-electron chi connectivity index (χ0n) is 10.7. The molecule has 100 valence electrons. The van der Waals surface area contributed by atoms with Crippen molar-refractivity contribution in [1.29, 1.82) is 0 Å². The summed E-state index contributed by atoms with van der Waals surface area (Å²) < 4.78 is 6.51. The quantitative estimate of drug-likeness (QED) is 0.824. The summed E-state index contributed by atoms with van der Waals surface area (Å²) in [5.74, 6) is 0.973. The molecular weight excluding hydrogens is 351 g/mol. The summed E-state index contributed by atoms with van der Waals surface area (Å²) in [5.41, 5.74) is 2.50. The first-order chi connectivity index (χ1) is 9.33. The highest BCUT2D eigenvalue weighted by Gasteiger charge is 2.15. The van der Waals surface area contributed by atoms with Crippen LogP contribution in [0, 0.1) is 3.77 Å². The number of hydrogen-bond acceptors (Lipinski definition) is 3. The Morgan fingerprint density at radius 1 is 1.11 bits per heavy atom. The van der Waals surface area contributed by atoms with E-state index in [1.807, 2.05) is 12.1 Å². The molecule has 0 radical (unpaired) electrons. The number of furan rings is 1. The van der Waals surface area contributed by atoms with Crippen LogP contribution in [-0.2, 0) is 6.54 Å². The SMILES string of the molecule is Ic1ccc(CNc2ccccc2N2CCCC2)o1. The Balaban J connectivity index is 1.73. The van der Waals surface area contributed by atoms with Crippen LogP contribution in [0.25, 0.3) is 0 Å². The highest BCUT2D eigenvalue weighted by Crippen LogP contribution is 2.29. The first-order valence-electron chi connectivity index (χ1n) is 6.65. The molecule has 1 N–H and O–H groups in total. The van der Waals surface area contributed by atoms with Gasteiger partial charge in [-0.3, -0.25) is 0 Å². The van der Waals surface area contributed by atoms with Crippen LogP contribution in [0.15, 0.2) is 40.8 Å². The Labute approximate surface area is 127 Å². The van der Waals surface area contributed by atoms with Crippen molar-refractivity contribution in [2.24, 2.45) is 0 Å². The predicted molar refractivity (Wildman–Crippen MR) is 86.6 cm³/mol. The van der Waals surface area contributed by atoms with Crippen LogP contribution in [0.4, 0.5) is 11.4 Å². The molecule has 2 aromatic rings. The molecule has 4 heteroatoms. The number of anilines is 2. The number of nitrogens with zero attached hydrogens (tertiary/aromatic N) is 1. The molecule has 0 bridgehead atoms. The van der Waals surface area contributed by atoms with Crippen LogP contribution in [0.3, 0.4) is 0 Å². The molecule has 19 heavy (non-hydrogen) atoms. The summed E-state index contributed by atoms with van der Waals surface area (Å²) in [6, 6.07) is 12.5. The second-order valence-electron chi connectivity index (χ2n) is 4.77. The van der Waals surface area contributed by atoms with Gasteiger partial charge in [-0.25, -0.2) is 0 Å². The molecule has 0 aliphatic carbocycles. The fourth-order valence-electron chi connectivity index (χ4n) is 2.49. The van der Waals surface area contributed by atoms with Crippen molar-refractivity contribution in [3.63, 3.8) is 0 Å². The Morgan fingerprint density at radius 2 is 1.89 bits per heavy atom. The van der Waals surface area contributed by atoms with Crippen LogP contribution < -0.4 is 10.2 Å². The molecule has 0 spiro atoms. The maximum Gasteiger partial charge on any atom is 0.164 e. The number of halogens is 1. The average molecular weight is 368 g/mol. The van der Waals surface area contributed by atoms with Gasteiger partial charge < -0.3 is 14.6 Å². The van der Waals surface area contributed by atoms with Gasteiger partial charge in [0.15, 0.2) is 3.77 Å². The molecule has 1 aliphatic rings. The van der Waals surface area contributed by atoms with Crippen LogP contribution in [-0.4, -0.2) is 13.1 Å². The standard InChI is InChI=1S/C15H17IN2O/c16-15-8-7-12(19-15)11-17-13-5-1-2-6-14(13)18-9-3-4-10-18/h1-2,5-8,17H,3-4,9-11H2. The lowest BCUT2D eigenvalue weighted by molar-refractivity contribution is 0.493. The van der Waals surface area contributed by atoms with Gasteiger partial charge in [0.05, 0.1) is 17.9 Å². The van der Waals surface area contributed by atoms with E-state index in [4.69, 9.17) is 4.42 Å². The van der Waals surface area contributed by atoms with Crippen molar-refractivity contribution in [2.75, 3.05) is 23.3 Å². The van der Waals surface area contributed by atoms with Gasteiger partial charge in [-0.15, -0.1) is 0 Å². The highest BCUT2D eigenvalue weighted by atomic mass is 127.